The number of para-hydroxylation sites is 2. The van der Waals surface area contributed by atoms with E-state index in [0.29, 0.717) is 0 Å². The molecule has 0 atom stereocenters. The molecule has 0 unspecified atom stereocenters. The highest BCUT2D eigenvalue weighted by atomic mass is 79.9. The van der Waals surface area contributed by atoms with Crippen molar-refractivity contribution in [2.24, 2.45) is 0 Å². The Bertz CT molecular complexity index is 3290. The van der Waals surface area contributed by atoms with Crippen LogP contribution in [0.2, 0.25) is 0 Å². The van der Waals surface area contributed by atoms with Gasteiger partial charge in [-0.1, -0.05) is 186 Å². The number of halogens is 1. The first kappa shape index (κ1) is 40.5. The minimum atomic E-state index is -2.79. The number of hydrogen-bond donors (Lipinski definition) is 0. The van der Waals surface area contributed by atoms with Gasteiger partial charge in [-0.25, -0.2) is 19.9 Å². The lowest BCUT2D eigenvalue weighted by molar-refractivity contribution is 1.06. The lowest BCUT2D eigenvalue weighted by Crippen LogP contribution is -2.75. The zero-order valence-electron chi connectivity index (χ0n) is 35.4. The minimum Gasteiger partial charge on any atom is -0.276 e. The summed E-state index contributed by atoms with van der Waals surface area (Å²) >= 11 is 3.64. The van der Waals surface area contributed by atoms with Crippen molar-refractivity contribution >= 4 is 67.1 Å². The molecule has 11 aromatic rings. The predicted octanol–water partition coefficient (Wildman–Crippen LogP) is 10.9. The molecule has 308 valence electrons. The summed E-state index contributed by atoms with van der Waals surface area (Å²) in [5.74, 6) is 1.80. The fourth-order valence-corrected chi connectivity index (χ4v) is 14.4. The second-order valence-corrected chi connectivity index (χ2v) is 20.3. The van der Waals surface area contributed by atoms with Crippen molar-refractivity contribution in [3.63, 3.8) is 0 Å². The Labute approximate surface area is 382 Å². The van der Waals surface area contributed by atoms with Crippen molar-refractivity contribution in [1.29, 1.82) is 0 Å². The molecule has 0 radical (unpaired) electrons. The van der Waals surface area contributed by atoms with Gasteiger partial charge in [-0.05, 0) is 88.2 Å². The summed E-state index contributed by atoms with van der Waals surface area (Å²) in [5, 5.41) is 5.30. The van der Waals surface area contributed by atoms with E-state index < -0.39 is 8.07 Å². The summed E-state index contributed by atoms with van der Waals surface area (Å²) in [6.45, 7) is 4.25. The first-order valence-electron chi connectivity index (χ1n) is 21.3. The number of aryl methyl sites for hydroxylation is 2. The zero-order chi connectivity index (χ0) is 43.5. The Balaban J connectivity index is 0.000000178. The molecular formula is C56H43BrN6Si. The summed E-state index contributed by atoms with van der Waals surface area (Å²) in [7, 11) is -2.79. The summed E-state index contributed by atoms with van der Waals surface area (Å²) in [6.07, 6.45) is 3.66. The van der Waals surface area contributed by atoms with Gasteiger partial charge >= 0.3 is 0 Å². The lowest BCUT2D eigenvalue weighted by Gasteiger charge is -2.35. The number of hydrogen-bond acceptors (Lipinski definition) is 4. The molecule has 4 aromatic heterocycles. The summed E-state index contributed by atoms with van der Waals surface area (Å²) in [6, 6.07) is 74.8. The molecule has 7 aromatic carbocycles. The summed E-state index contributed by atoms with van der Waals surface area (Å²) in [4.78, 5) is 19.5. The summed E-state index contributed by atoms with van der Waals surface area (Å²) in [5.41, 5.74) is 10.2. The fourth-order valence-electron chi connectivity index (χ4n) is 8.95. The van der Waals surface area contributed by atoms with Gasteiger partial charge in [0.1, 0.15) is 22.7 Å². The fraction of sp³-hybridized carbons (Fsp3) is 0.0357. The van der Waals surface area contributed by atoms with Crippen molar-refractivity contribution in [2.75, 3.05) is 0 Å². The van der Waals surface area contributed by atoms with E-state index >= 15 is 0 Å². The van der Waals surface area contributed by atoms with E-state index in [1.54, 1.807) is 0 Å². The molecular weight excluding hydrogens is 865 g/mol. The lowest BCUT2D eigenvalue weighted by atomic mass is 10.1. The van der Waals surface area contributed by atoms with Crippen LogP contribution < -0.4 is 20.7 Å². The Morgan fingerprint density at radius 3 is 1.25 bits per heavy atom. The normalized spacial score (nSPS) is 11.4. The van der Waals surface area contributed by atoms with Crippen LogP contribution in [0, 0.1) is 13.8 Å². The SMILES string of the molecule is Cc1ccccc1-n1c(-c2ccccc2Br)nc2cccnc21.Cc1ccccc1-n1c(-c2ccccc2[Si](c2ccccc2)(c2ccccc2)c2ccccc2)nc2cccnc21. The third-order valence-electron chi connectivity index (χ3n) is 11.9. The van der Waals surface area contributed by atoms with Crippen molar-refractivity contribution < 1.29 is 0 Å². The maximum atomic E-state index is 5.28. The highest BCUT2D eigenvalue weighted by Gasteiger charge is 2.43. The molecule has 8 heteroatoms. The highest BCUT2D eigenvalue weighted by molar-refractivity contribution is 9.10. The van der Waals surface area contributed by atoms with Gasteiger partial charge in [-0.2, -0.15) is 0 Å². The first-order chi connectivity index (χ1) is 31.5. The van der Waals surface area contributed by atoms with Crippen LogP contribution in [0.3, 0.4) is 0 Å². The highest BCUT2D eigenvalue weighted by Crippen LogP contribution is 2.33. The minimum absolute atomic E-state index is 0.859. The number of fused-ring (bicyclic) bond motifs is 2. The Morgan fingerprint density at radius 2 is 0.781 bits per heavy atom. The molecule has 0 aliphatic heterocycles. The Morgan fingerprint density at radius 1 is 0.391 bits per heavy atom. The van der Waals surface area contributed by atoms with Crippen LogP contribution >= 0.6 is 15.9 Å². The average Bonchev–Trinajstić information content (AvgIpc) is 3.93. The molecule has 0 N–H and O–H groups in total. The third-order valence-corrected chi connectivity index (χ3v) is 17.4. The quantitative estimate of drug-likeness (QED) is 0.113. The molecule has 0 amide bonds. The molecule has 0 fully saturated rings. The van der Waals surface area contributed by atoms with Gasteiger partial charge in [0.15, 0.2) is 19.4 Å². The van der Waals surface area contributed by atoms with E-state index in [1.807, 2.05) is 60.9 Å². The third kappa shape index (κ3) is 7.26. The van der Waals surface area contributed by atoms with Gasteiger partial charge in [0, 0.05) is 28.0 Å². The monoisotopic (exact) mass is 906 g/mol. The second-order valence-electron chi connectivity index (χ2n) is 15.7. The van der Waals surface area contributed by atoms with Crippen molar-refractivity contribution in [1.82, 2.24) is 29.1 Å². The Hall–Kier alpha value is -7.52. The molecule has 0 aliphatic carbocycles. The van der Waals surface area contributed by atoms with Crippen LogP contribution in [-0.2, 0) is 0 Å². The van der Waals surface area contributed by atoms with Crippen molar-refractivity contribution in [3.05, 3.63) is 240 Å². The Kier molecular flexibility index (Phi) is 11.2. The van der Waals surface area contributed by atoms with E-state index in [9.17, 15) is 0 Å². The maximum Gasteiger partial charge on any atom is 0.180 e. The maximum absolute atomic E-state index is 5.28. The second kappa shape index (κ2) is 17.7. The number of rotatable bonds is 8. The zero-order valence-corrected chi connectivity index (χ0v) is 38.0. The topological polar surface area (TPSA) is 61.4 Å². The van der Waals surface area contributed by atoms with E-state index in [2.05, 4.69) is 208 Å². The number of aromatic nitrogens is 6. The van der Waals surface area contributed by atoms with Gasteiger partial charge in [0.25, 0.3) is 0 Å². The molecule has 0 saturated heterocycles. The molecule has 0 saturated carbocycles. The van der Waals surface area contributed by atoms with Gasteiger partial charge in [-0.3, -0.25) is 9.13 Å². The van der Waals surface area contributed by atoms with Crippen LogP contribution in [0.4, 0.5) is 0 Å². The van der Waals surface area contributed by atoms with Crippen molar-refractivity contribution in [3.8, 4) is 34.2 Å². The molecule has 11 rings (SSSR count). The van der Waals surface area contributed by atoms with Crippen LogP contribution in [0.5, 0.6) is 0 Å². The van der Waals surface area contributed by atoms with Gasteiger partial charge in [-0.15, -0.1) is 0 Å². The number of nitrogens with zero attached hydrogens (tertiary/aromatic N) is 6. The van der Waals surface area contributed by atoms with E-state index in [4.69, 9.17) is 15.0 Å². The largest absolute Gasteiger partial charge is 0.276 e. The van der Waals surface area contributed by atoms with Gasteiger partial charge in [0.2, 0.25) is 0 Å². The van der Waals surface area contributed by atoms with E-state index in [0.717, 1.165) is 61.0 Å². The van der Waals surface area contributed by atoms with Crippen LogP contribution in [-0.4, -0.2) is 37.1 Å². The number of pyridine rings is 2. The van der Waals surface area contributed by atoms with Crippen LogP contribution in [0.1, 0.15) is 11.1 Å². The smallest absolute Gasteiger partial charge is 0.180 e. The summed E-state index contributed by atoms with van der Waals surface area (Å²) < 4.78 is 5.39. The van der Waals surface area contributed by atoms with Gasteiger partial charge < -0.3 is 0 Å². The molecule has 0 spiro atoms. The molecule has 64 heavy (non-hydrogen) atoms. The van der Waals surface area contributed by atoms with Crippen LogP contribution in [0.15, 0.2) is 229 Å². The molecule has 4 heterocycles. The first-order valence-corrected chi connectivity index (χ1v) is 24.1. The average molecular weight is 908 g/mol. The number of imidazole rings is 2. The standard InChI is InChI=1S/C37H29N3Si.C19H14BrN3/c1-28-16-11-13-25-34(28)40-36(39-33-24-15-27-38-37(33)40)32-23-12-14-26-35(32)41(29-17-5-2-6-18-29,30-19-7-3-8-20-30)31-21-9-4-10-22-31;1-13-7-2-5-11-17(13)23-18(14-8-3-4-9-15(14)20)22-16-10-6-12-21-19(16)23/h2-27H,1H3;2-12H,1H3. The molecule has 0 bridgehead atoms. The van der Waals surface area contributed by atoms with Crippen LogP contribution in [0.25, 0.3) is 56.5 Å². The van der Waals surface area contributed by atoms with E-state index in [-0.39, 0.29) is 0 Å². The van der Waals surface area contributed by atoms with Crippen molar-refractivity contribution in [2.45, 2.75) is 13.8 Å². The number of benzene rings is 7. The van der Waals surface area contributed by atoms with E-state index in [1.165, 1.54) is 31.9 Å². The predicted molar refractivity (Wildman–Crippen MR) is 269 cm³/mol. The molecule has 6 nitrogen and oxygen atoms in total. The van der Waals surface area contributed by atoms with Gasteiger partial charge in [0.05, 0.1) is 11.4 Å². The molecule has 0 aliphatic rings.